The average Bonchev–Trinajstić information content (AvgIpc) is 2.70. The van der Waals surface area contributed by atoms with E-state index in [0.29, 0.717) is 34.6 Å². The van der Waals surface area contributed by atoms with E-state index in [-0.39, 0.29) is 0 Å². The lowest BCUT2D eigenvalue weighted by Gasteiger charge is -2.12. The van der Waals surface area contributed by atoms with E-state index in [1.54, 1.807) is 39.3 Å². The number of carbonyl (C=O) groups is 1. The van der Waals surface area contributed by atoms with Crippen LogP contribution in [-0.4, -0.2) is 26.2 Å². The third kappa shape index (κ3) is 3.86. The number of carbonyl (C=O) groups excluding carboxylic acids is 1. The van der Waals surface area contributed by atoms with Gasteiger partial charge in [-0.15, -0.1) is 0 Å². The van der Waals surface area contributed by atoms with Crippen molar-refractivity contribution in [2.45, 2.75) is 26.3 Å². The van der Waals surface area contributed by atoms with Gasteiger partial charge in [0.05, 0.1) is 31.6 Å². The van der Waals surface area contributed by atoms with Gasteiger partial charge in [0.1, 0.15) is 11.3 Å². The van der Waals surface area contributed by atoms with Crippen LogP contribution in [-0.2, 0) is 4.79 Å². The molecule has 0 saturated heterocycles. The maximum Gasteiger partial charge on any atom is 0.161 e. The zero-order valence-electron chi connectivity index (χ0n) is 16.3. The summed E-state index contributed by atoms with van der Waals surface area (Å²) in [6, 6.07) is 12.0. The summed E-state index contributed by atoms with van der Waals surface area (Å²) < 4.78 is 16.7. The van der Waals surface area contributed by atoms with Crippen molar-refractivity contribution in [3.8, 4) is 22.8 Å². The molecular formula is C22H22NO5-. The highest BCUT2D eigenvalue weighted by Crippen LogP contribution is 2.32. The summed E-state index contributed by atoms with van der Waals surface area (Å²) in [5.74, 6) is 0.524. The normalized spacial score (nSPS) is 12.8. The molecule has 0 aliphatic carbocycles. The molecule has 2 aromatic carbocycles. The Kier molecular flexibility index (Phi) is 5.68. The first-order valence-corrected chi connectivity index (χ1v) is 8.98. The van der Waals surface area contributed by atoms with Crippen LogP contribution < -0.4 is 19.9 Å². The maximum atomic E-state index is 11.4. The van der Waals surface area contributed by atoms with E-state index in [2.05, 4.69) is 4.99 Å². The smallest absolute Gasteiger partial charge is 0.161 e. The lowest BCUT2D eigenvalue weighted by atomic mass is 10.1. The van der Waals surface area contributed by atoms with Gasteiger partial charge in [-0.05, 0) is 43.7 Å². The minimum atomic E-state index is -1.20. The van der Waals surface area contributed by atoms with Gasteiger partial charge in [-0.3, -0.25) is 4.99 Å². The van der Waals surface area contributed by atoms with Gasteiger partial charge in [-0.1, -0.05) is 18.6 Å². The molecule has 1 heterocycles. The fourth-order valence-electron chi connectivity index (χ4n) is 3.00. The number of ether oxygens (including phenoxy) is 2. The Hall–Kier alpha value is -3.28. The van der Waals surface area contributed by atoms with Crippen molar-refractivity contribution in [1.82, 2.24) is 0 Å². The number of carboxylic acid groups (broad SMARTS) is 1. The highest BCUT2D eigenvalue weighted by molar-refractivity contribution is 5.80. The highest BCUT2D eigenvalue weighted by Gasteiger charge is 2.12. The largest absolute Gasteiger partial charge is 0.548 e. The number of methoxy groups -OCH3 is 2. The number of rotatable bonds is 6. The third-order valence-corrected chi connectivity index (χ3v) is 4.52. The predicted octanol–water partition coefficient (Wildman–Crippen LogP) is 2.85. The fourth-order valence-corrected chi connectivity index (χ4v) is 3.00. The van der Waals surface area contributed by atoms with Gasteiger partial charge in [0.15, 0.2) is 11.5 Å². The molecule has 0 fully saturated rings. The maximum absolute atomic E-state index is 11.4. The van der Waals surface area contributed by atoms with Crippen molar-refractivity contribution in [3.63, 3.8) is 0 Å². The molecule has 0 saturated carbocycles. The second-order valence-corrected chi connectivity index (χ2v) is 6.44. The standard InChI is InChI=1S/C22H23NO5/c1-5-16(22(24)25)23-17-12-20(28-18-8-6-13(2)10-15(17)18)14-7-9-19(26-3)21(11-14)27-4/h6-12,16H,5H2,1-4H3,(H,24,25)/p-1/t16-/m1/s1. The van der Waals surface area contributed by atoms with Gasteiger partial charge in [0.25, 0.3) is 0 Å². The fraction of sp³-hybridized carbons (Fsp3) is 0.273. The first-order valence-electron chi connectivity index (χ1n) is 8.98. The lowest BCUT2D eigenvalue weighted by molar-refractivity contribution is -0.307. The minimum absolute atomic E-state index is 0.341. The van der Waals surface area contributed by atoms with E-state index in [9.17, 15) is 9.90 Å². The Bertz CT molecular complexity index is 1080. The molecule has 1 atom stereocenters. The Morgan fingerprint density at radius 2 is 1.86 bits per heavy atom. The van der Waals surface area contributed by atoms with E-state index < -0.39 is 12.0 Å². The summed E-state index contributed by atoms with van der Waals surface area (Å²) >= 11 is 0. The molecule has 6 heteroatoms. The summed E-state index contributed by atoms with van der Waals surface area (Å²) in [5.41, 5.74) is 2.41. The van der Waals surface area contributed by atoms with E-state index in [0.717, 1.165) is 16.5 Å². The number of benzene rings is 2. The third-order valence-electron chi connectivity index (χ3n) is 4.52. The van der Waals surface area contributed by atoms with E-state index >= 15 is 0 Å². The zero-order valence-corrected chi connectivity index (χ0v) is 16.3. The van der Waals surface area contributed by atoms with Crippen molar-refractivity contribution in [3.05, 3.63) is 53.4 Å². The number of carboxylic acids is 1. The molecule has 0 spiro atoms. The van der Waals surface area contributed by atoms with Gasteiger partial charge in [-0.25, -0.2) is 0 Å². The summed E-state index contributed by atoms with van der Waals surface area (Å²) in [5, 5.41) is 12.7. The summed E-state index contributed by atoms with van der Waals surface area (Å²) in [6.45, 7) is 3.72. The number of hydrogen-bond acceptors (Lipinski definition) is 6. The van der Waals surface area contributed by atoms with Crippen LogP contribution in [0.2, 0.25) is 0 Å². The molecule has 0 amide bonds. The molecule has 1 aromatic heterocycles. The van der Waals surface area contributed by atoms with Crippen molar-refractivity contribution in [1.29, 1.82) is 0 Å². The summed E-state index contributed by atoms with van der Waals surface area (Å²) in [4.78, 5) is 15.8. The Labute approximate surface area is 163 Å². The van der Waals surface area contributed by atoms with Crippen LogP contribution in [0.25, 0.3) is 22.3 Å². The van der Waals surface area contributed by atoms with Crippen LogP contribution in [0.5, 0.6) is 11.5 Å². The van der Waals surface area contributed by atoms with E-state index in [1.807, 2.05) is 31.2 Å². The number of nitrogens with zero attached hydrogens (tertiary/aromatic N) is 1. The second kappa shape index (κ2) is 8.17. The number of aryl methyl sites for hydroxylation is 1. The summed E-state index contributed by atoms with van der Waals surface area (Å²) in [7, 11) is 3.14. The lowest BCUT2D eigenvalue weighted by Crippen LogP contribution is -2.35. The van der Waals surface area contributed by atoms with E-state index in [4.69, 9.17) is 13.9 Å². The number of fused-ring (bicyclic) bond motifs is 1. The predicted molar refractivity (Wildman–Crippen MR) is 104 cm³/mol. The molecule has 6 nitrogen and oxygen atoms in total. The molecule has 0 N–H and O–H groups in total. The van der Waals surface area contributed by atoms with E-state index in [1.165, 1.54) is 0 Å². The number of aliphatic carboxylic acids is 1. The van der Waals surface area contributed by atoms with Gasteiger partial charge in [-0.2, -0.15) is 0 Å². The Morgan fingerprint density at radius 1 is 1.11 bits per heavy atom. The van der Waals surface area contributed by atoms with Crippen LogP contribution >= 0.6 is 0 Å². The van der Waals surface area contributed by atoms with Gasteiger partial charge >= 0.3 is 0 Å². The van der Waals surface area contributed by atoms with Crippen LogP contribution in [0.3, 0.4) is 0 Å². The van der Waals surface area contributed by atoms with Crippen molar-refractivity contribution >= 4 is 16.9 Å². The van der Waals surface area contributed by atoms with Crippen molar-refractivity contribution < 1.29 is 23.8 Å². The van der Waals surface area contributed by atoms with Crippen LogP contribution in [0.4, 0.5) is 0 Å². The topological polar surface area (TPSA) is 84.1 Å². The quantitative estimate of drug-likeness (QED) is 0.657. The average molecular weight is 380 g/mol. The van der Waals surface area contributed by atoms with Gasteiger partial charge < -0.3 is 23.8 Å². The van der Waals surface area contributed by atoms with Crippen LogP contribution in [0.15, 0.2) is 51.9 Å². The van der Waals surface area contributed by atoms with Crippen LogP contribution in [0.1, 0.15) is 18.9 Å². The Morgan fingerprint density at radius 3 is 2.50 bits per heavy atom. The molecular weight excluding hydrogens is 358 g/mol. The molecule has 28 heavy (non-hydrogen) atoms. The van der Waals surface area contributed by atoms with Gasteiger partial charge in [0, 0.05) is 17.0 Å². The second-order valence-electron chi connectivity index (χ2n) is 6.44. The molecule has 0 aliphatic heterocycles. The number of hydrogen-bond donors (Lipinski definition) is 0. The minimum Gasteiger partial charge on any atom is -0.548 e. The molecule has 0 aliphatic rings. The SMILES string of the molecule is CC[C@@H](N=c1cc(-c2ccc(OC)c(OC)c2)oc2ccc(C)cc12)C(=O)[O-]. The molecule has 0 bridgehead atoms. The zero-order chi connectivity index (χ0) is 20.3. The first-order chi connectivity index (χ1) is 13.5. The molecule has 3 aromatic rings. The van der Waals surface area contributed by atoms with Crippen molar-refractivity contribution in [2.24, 2.45) is 4.99 Å². The van der Waals surface area contributed by atoms with Gasteiger partial charge in [0.2, 0.25) is 0 Å². The highest BCUT2D eigenvalue weighted by atomic mass is 16.5. The Balaban J connectivity index is 2.27. The molecule has 3 rings (SSSR count). The molecule has 0 unspecified atom stereocenters. The molecule has 146 valence electrons. The van der Waals surface area contributed by atoms with Crippen LogP contribution in [0, 0.1) is 6.92 Å². The monoisotopic (exact) mass is 380 g/mol. The summed E-state index contributed by atoms with van der Waals surface area (Å²) in [6.07, 6.45) is 0.341. The molecule has 0 radical (unpaired) electrons. The first kappa shape index (κ1) is 19.5. The van der Waals surface area contributed by atoms with Crippen molar-refractivity contribution in [2.75, 3.05) is 14.2 Å².